The molecule has 0 heterocycles. The molecule has 4 nitrogen and oxygen atoms in total. The maximum atomic E-state index is 11.1. The summed E-state index contributed by atoms with van der Waals surface area (Å²) in [6.07, 6.45) is -0.0166. The van der Waals surface area contributed by atoms with Crippen LogP contribution in [0.15, 0.2) is 54.6 Å². The molecule has 0 spiro atoms. The van der Waals surface area contributed by atoms with Crippen molar-refractivity contribution < 1.29 is 19.0 Å². The Kier molecular flexibility index (Phi) is 5.21. The first-order valence-electron chi connectivity index (χ1n) is 6.74. The number of ether oxygens (including phenoxy) is 3. The molecule has 0 radical (unpaired) electrons. The summed E-state index contributed by atoms with van der Waals surface area (Å²) in [5.74, 6) is 1.91. The highest BCUT2D eigenvalue weighted by atomic mass is 16.5. The van der Waals surface area contributed by atoms with Crippen LogP contribution in [0.3, 0.4) is 0 Å². The number of para-hydroxylation sites is 1. The van der Waals surface area contributed by atoms with Crippen LogP contribution in [-0.4, -0.2) is 19.2 Å². The van der Waals surface area contributed by atoms with E-state index < -0.39 is 0 Å². The van der Waals surface area contributed by atoms with Crippen molar-refractivity contribution in [1.29, 1.82) is 0 Å². The smallest absolute Gasteiger partial charge is 0.309 e. The summed E-state index contributed by atoms with van der Waals surface area (Å²) in [4.78, 5) is 11.1. The van der Waals surface area contributed by atoms with Crippen molar-refractivity contribution >= 4 is 5.97 Å². The van der Waals surface area contributed by atoms with Gasteiger partial charge in [-0.15, -0.1) is 0 Å². The minimum absolute atomic E-state index is 0.221. The Hall–Kier alpha value is -2.49. The number of carbonyl (C=O) groups is 1. The Bertz CT molecular complexity index is 563. The maximum Gasteiger partial charge on any atom is 0.309 e. The lowest BCUT2D eigenvalue weighted by molar-refractivity contribution is -0.142. The Morgan fingerprint density at radius 2 is 1.52 bits per heavy atom. The molecule has 4 heteroatoms. The summed E-state index contributed by atoms with van der Waals surface area (Å²) in [5, 5.41) is 0. The summed E-state index contributed by atoms with van der Waals surface area (Å²) in [6.45, 7) is 1.82. The molecule has 0 aromatic heterocycles. The first-order chi connectivity index (χ1) is 10.2. The average Bonchev–Trinajstić information content (AvgIpc) is 2.50. The minimum atomic E-state index is -0.286. The van der Waals surface area contributed by atoms with Crippen LogP contribution in [0.2, 0.25) is 0 Å². The van der Waals surface area contributed by atoms with Gasteiger partial charge in [0.15, 0.2) is 0 Å². The third-order valence-electron chi connectivity index (χ3n) is 2.82. The van der Waals surface area contributed by atoms with Gasteiger partial charge in [-0.2, -0.15) is 0 Å². The van der Waals surface area contributed by atoms with Gasteiger partial charge >= 0.3 is 5.97 Å². The Morgan fingerprint density at radius 1 is 0.952 bits per heavy atom. The Morgan fingerprint density at radius 3 is 2.14 bits per heavy atom. The number of rotatable bonds is 6. The highest BCUT2D eigenvalue weighted by Gasteiger charge is 2.10. The first kappa shape index (κ1) is 14.9. The van der Waals surface area contributed by atoms with Gasteiger partial charge in [0.2, 0.25) is 0 Å². The van der Waals surface area contributed by atoms with Gasteiger partial charge in [0.1, 0.15) is 23.4 Å². The van der Waals surface area contributed by atoms with Crippen LogP contribution in [0.25, 0.3) is 0 Å². The van der Waals surface area contributed by atoms with Crippen molar-refractivity contribution in [3.63, 3.8) is 0 Å². The van der Waals surface area contributed by atoms with E-state index in [2.05, 4.69) is 4.74 Å². The normalized spacial score (nSPS) is 11.5. The number of hydrogen-bond donors (Lipinski definition) is 0. The van der Waals surface area contributed by atoms with Crippen LogP contribution < -0.4 is 9.47 Å². The number of esters is 1. The molecule has 0 saturated heterocycles. The lowest BCUT2D eigenvalue weighted by Crippen LogP contribution is -2.17. The molecule has 21 heavy (non-hydrogen) atoms. The zero-order valence-corrected chi connectivity index (χ0v) is 12.1. The number of carbonyl (C=O) groups excluding carboxylic acids is 1. The van der Waals surface area contributed by atoms with Crippen LogP contribution in [-0.2, 0) is 9.53 Å². The maximum absolute atomic E-state index is 11.1. The predicted molar refractivity (Wildman–Crippen MR) is 79.7 cm³/mol. The first-order valence-corrected chi connectivity index (χ1v) is 6.74. The average molecular weight is 286 g/mol. The van der Waals surface area contributed by atoms with E-state index in [1.807, 2.05) is 61.5 Å². The topological polar surface area (TPSA) is 44.8 Å². The number of methoxy groups -OCH3 is 1. The second-order valence-electron chi connectivity index (χ2n) is 4.60. The van der Waals surface area contributed by atoms with Crippen LogP contribution in [0.4, 0.5) is 0 Å². The fourth-order valence-corrected chi connectivity index (χ4v) is 1.80. The van der Waals surface area contributed by atoms with E-state index >= 15 is 0 Å². The fourth-order valence-electron chi connectivity index (χ4n) is 1.80. The van der Waals surface area contributed by atoms with Gasteiger partial charge in [0.05, 0.1) is 13.5 Å². The summed E-state index contributed by atoms with van der Waals surface area (Å²) >= 11 is 0. The SMILES string of the molecule is COC(=O)CC(C)Oc1ccc(Oc2ccccc2)cc1. The van der Waals surface area contributed by atoms with E-state index in [1.54, 1.807) is 0 Å². The van der Waals surface area contributed by atoms with Crippen LogP contribution >= 0.6 is 0 Å². The summed E-state index contributed by atoms with van der Waals surface area (Å²) < 4.78 is 15.9. The fraction of sp³-hybridized carbons (Fsp3) is 0.235. The molecular weight excluding hydrogens is 268 g/mol. The van der Waals surface area contributed by atoms with E-state index in [-0.39, 0.29) is 18.5 Å². The van der Waals surface area contributed by atoms with Crippen molar-refractivity contribution in [1.82, 2.24) is 0 Å². The van der Waals surface area contributed by atoms with Crippen LogP contribution in [0.5, 0.6) is 17.2 Å². The van der Waals surface area contributed by atoms with E-state index in [0.29, 0.717) is 5.75 Å². The molecule has 1 atom stereocenters. The van der Waals surface area contributed by atoms with E-state index in [1.165, 1.54) is 7.11 Å². The van der Waals surface area contributed by atoms with Gasteiger partial charge in [0, 0.05) is 0 Å². The Balaban J connectivity index is 1.91. The van der Waals surface area contributed by atoms with Crippen molar-refractivity contribution in [3.05, 3.63) is 54.6 Å². The lowest BCUT2D eigenvalue weighted by Gasteiger charge is -2.14. The molecule has 2 rings (SSSR count). The summed E-state index contributed by atoms with van der Waals surface area (Å²) in [6, 6.07) is 16.8. The van der Waals surface area contributed by atoms with Gasteiger partial charge in [-0.1, -0.05) is 18.2 Å². The van der Waals surface area contributed by atoms with E-state index in [0.717, 1.165) is 11.5 Å². The molecule has 1 unspecified atom stereocenters. The monoisotopic (exact) mass is 286 g/mol. The zero-order valence-electron chi connectivity index (χ0n) is 12.1. The third-order valence-corrected chi connectivity index (χ3v) is 2.82. The van der Waals surface area contributed by atoms with Gasteiger partial charge in [0.25, 0.3) is 0 Å². The second kappa shape index (κ2) is 7.33. The van der Waals surface area contributed by atoms with Gasteiger partial charge < -0.3 is 14.2 Å². The quantitative estimate of drug-likeness (QED) is 0.757. The molecule has 110 valence electrons. The molecule has 0 aliphatic carbocycles. The largest absolute Gasteiger partial charge is 0.490 e. The molecule has 0 fully saturated rings. The number of hydrogen-bond acceptors (Lipinski definition) is 4. The van der Waals surface area contributed by atoms with E-state index in [4.69, 9.17) is 9.47 Å². The number of benzene rings is 2. The predicted octanol–water partition coefficient (Wildman–Crippen LogP) is 3.81. The van der Waals surface area contributed by atoms with Crippen LogP contribution in [0.1, 0.15) is 13.3 Å². The molecule has 2 aromatic carbocycles. The van der Waals surface area contributed by atoms with Crippen molar-refractivity contribution in [2.75, 3.05) is 7.11 Å². The summed E-state index contributed by atoms with van der Waals surface area (Å²) in [5.41, 5.74) is 0. The lowest BCUT2D eigenvalue weighted by atomic mass is 10.2. The van der Waals surface area contributed by atoms with Gasteiger partial charge in [-0.3, -0.25) is 4.79 Å². The summed E-state index contributed by atoms with van der Waals surface area (Å²) in [7, 11) is 1.37. The molecule has 0 aliphatic rings. The standard InChI is InChI=1S/C17H18O4/c1-13(12-17(18)19-2)20-15-8-10-16(11-9-15)21-14-6-4-3-5-7-14/h3-11,13H,12H2,1-2H3. The van der Waals surface area contributed by atoms with Crippen molar-refractivity contribution in [2.24, 2.45) is 0 Å². The molecule has 0 amide bonds. The van der Waals surface area contributed by atoms with Crippen molar-refractivity contribution in [3.8, 4) is 17.2 Å². The highest BCUT2D eigenvalue weighted by molar-refractivity contribution is 5.69. The molecular formula is C17H18O4. The van der Waals surface area contributed by atoms with Gasteiger partial charge in [-0.05, 0) is 43.3 Å². The third kappa shape index (κ3) is 4.84. The molecule has 0 aliphatic heterocycles. The molecule has 2 aromatic rings. The second-order valence-corrected chi connectivity index (χ2v) is 4.60. The molecule has 0 saturated carbocycles. The molecule has 0 N–H and O–H groups in total. The minimum Gasteiger partial charge on any atom is -0.490 e. The van der Waals surface area contributed by atoms with Crippen molar-refractivity contribution in [2.45, 2.75) is 19.4 Å². The van der Waals surface area contributed by atoms with E-state index in [9.17, 15) is 4.79 Å². The van der Waals surface area contributed by atoms with Gasteiger partial charge in [-0.25, -0.2) is 0 Å². The van der Waals surface area contributed by atoms with Crippen LogP contribution in [0, 0.1) is 0 Å². The zero-order chi connectivity index (χ0) is 15.1. The highest BCUT2D eigenvalue weighted by Crippen LogP contribution is 2.24. The molecule has 0 bridgehead atoms. The Labute approximate surface area is 124 Å².